The van der Waals surface area contributed by atoms with Crippen LogP contribution >= 0.6 is 0 Å². The summed E-state index contributed by atoms with van der Waals surface area (Å²) in [7, 11) is -3.38. The van der Waals surface area contributed by atoms with Crippen LogP contribution in [0, 0.1) is 11.7 Å². The number of benzene rings is 1. The van der Waals surface area contributed by atoms with E-state index in [2.05, 4.69) is 24.2 Å². The van der Waals surface area contributed by atoms with E-state index in [0.717, 1.165) is 10.8 Å². The zero-order valence-corrected chi connectivity index (χ0v) is 14.2. The van der Waals surface area contributed by atoms with Crippen LogP contribution in [0.3, 0.4) is 0 Å². The molecule has 1 saturated heterocycles. The van der Waals surface area contributed by atoms with E-state index in [9.17, 15) is 12.8 Å². The summed E-state index contributed by atoms with van der Waals surface area (Å²) in [6.07, 6.45) is 0.520. The first kappa shape index (κ1) is 17.5. The van der Waals surface area contributed by atoms with Gasteiger partial charge in [0.15, 0.2) is 5.96 Å². The fourth-order valence-electron chi connectivity index (χ4n) is 2.30. The lowest BCUT2D eigenvalue weighted by Crippen LogP contribution is -2.34. The molecule has 1 fully saturated rings. The molecule has 8 heteroatoms. The van der Waals surface area contributed by atoms with Crippen LogP contribution in [-0.2, 0) is 16.6 Å². The molecule has 0 aliphatic carbocycles. The van der Waals surface area contributed by atoms with Crippen LogP contribution in [0.4, 0.5) is 10.1 Å². The van der Waals surface area contributed by atoms with Gasteiger partial charge in [-0.1, -0.05) is 19.9 Å². The van der Waals surface area contributed by atoms with Crippen LogP contribution < -0.4 is 15.4 Å². The summed E-state index contributed by atoms with van der Waals surface area (Å²) in [6.45, 7) is 5.39. The predicted molar refractivity (Wildman–Crippen MR) is 90.3 cm³/mol. The maximum absolute atomic E-state index is 14.2. The van der Waals surface area contributed by atoms with Gasteiger partial charge in [0, 0.05) is 13.1 Å². The van der Waals surface area contributed by atoms with Crippen molar-refractivity contribution in [2.24, 2.45) is 16.6 Å². The molecule has 0 radical (unpaired) electrons. The normalized spacial score (nSPS) is 17.7. The van der Waals surface area contributed by atoms with Crippen molar-refractivity contribution in [2.45, 2.75) is 26.8 Å². The highest BCUT2D eigenvalue weighted by atomic mass is 32.2. The minimum absolute atomic E-state index is 0.0660. The Balaban J connectivity index is 2.06. The summed E-state index contributed by atoms with van der Waals surface area (Å²) in [5, 5.41) is 2.98. The number of rotatable bonds is 5. The van der Waals surface area contributed by atoms with Gasteiger partial charge >= 0.3 is 0 Å². The van der Waals surface area contributed by atoms with Crippen LogP contribution in [0.1, 0.15) is 25.8 Å². The first-order valence-electron chi connectivity index (χ1n) is 7.62. The van der Waals surface area contributed by atoms with Crippen molar-refractivity contribution in [3.8, 4) is 0 Å². The molecule has 1 aromatic rings. The molecule has 23 heavy (non-hydrogen) atoms. The summed E-state index contributed by atoms with van der Waals surface area (Å²) in [5.74, 6) is 0.265. The lowest BCUT2D eigenvalue weighted by Gasteiger charge is -2.17. The topological polar surface area (TPSA) is 87.8 Å². The number of anilines is 1. The van der Waals surface area contributed by atoms with Gasteiger partial charge in [-0.15, -0.1) is 0 Å². The Hall–Kier alpha value is -1.83. The van der Waals surface area contributed by atoms with E-state index in [4.69, 9.17) is 5.73 Å². The average Bonchev–Trinajstić information content (AvgIpc) is 2.82. The van der Waals surface area contributed by atoms with Crippen LogP contribution in [0.2, 0.25) is 0 Å². The molecule has 0 saturated carbocycles. The molecule has 0 bridgehead atoms. The summed E-state index contributed by atoms with van der Waals surface area (Å²) < 4.78 is 39.1. The monoisotopic (exact) mass is 342 g/mol. The Labute approximate surface area is 136 Å². The van der Waals surface area contributed by atoms with Gasteiger partial charge in [-0.3, -0.25) is 4.31 Å². The van der Waals surface area contributed by atoms with Gasteiger partial charge in [-0.2, -0.15) is 0 Å². The molecule has 0 atom stereocenters. The second-order valence-corrected chi connectivity index (χ2v) is 8.02. The third kappa shape index (κ3) is 4.57. The molecule has 0 aromatic heterocycles. The van der Waals surface area contributed by atoms with Gasteiger partial charge in [-0.05, 0) is 30.0 Å². The maximum Gasteiger partial charge on any atom is 0.235 e. The van der Waals surface area contributed by atoms with Crippen molar-refractivity contribution in [2.75, 3.05) is 23.1 Å². The summed E-state index contributed by atoms with van der Waals surface area (Å²) >= 11 is 0. The van der Waals surface area contributed by atoms with E-state index in [0.29, 0.717) is 30.4 Å². The molecular weight excluding hydrogens is 319 g/mol. The van der Waals surface area contributed by atoms with Crippen molar-refractivity contribution in [3.05, 3.63) is 29.6 Å². The van der Waals surface area contributed by atoms with Gasteiger partial charge in [0.05, 0.1) is 18.0 Å². The Kier molecular flexibility index (Phi) is 5.46. The minimum Gasteiger partial charge on any atom is -0.370 e. The van der Waals surface area contributed by atoms with Gasteiger partial charge in [-0.25, -0.2) is 17.8 Å². The minimum atomic E-state index is -3.38. The fourth-order valence-corrected chi connectivity index (χ4v) is 3.87. The number of nitrogens with one attached hydrogen (secondary N) is 1. The molecule has 128 valence electrons. The highest BCUT2D eigenvalue weighted by Gasteiger charge is 2.30. The van der Waals surface area contributed by atoms with Gasteiger partial charge in [0.2, 0.25) is 10.0 Å². The number of nitrogens with zero attached hydrogens (tertiary/aromatic N) is 2. The van der Waals surface area contributed by atoms with E-state index in [1.165, 1.54) is 12.1 Å². The quantitative estimate of drug-likeness (QED) is 0.626. The second-order valence-electron chi connectivity index (χ2n) is 6.00. The molecule has 1 heterocycles. The van der Waals surface area contributed by atoms with Crippen molar-refractivity contribution in [3.63, 3.8) is 0 Å². The molecule has 1 aliphatic rings. The molecule has 3 N–H and O–H groups in total. The zero-order valence-electron chi connectivity index (χ0n) is 13.4. The maximum atomic E-state index is 14.2. The van der Waals surface area contributed by atoms with E-state index in [-0.39, 0.29) is 18.0 Å². The lowest BCUT2D eigenvalue weighted by atomic mass is 10.2. The first-order valence-corrected chi connectivity index (χ1v) is 9.23. The van der Waals surface area contributed by atoms with Crippen molar-refractivity contribution >= 4 is 21.7 Å². The zero-order chi connectivity index (χ0) is 17.0. The smallest absolute Gasteiger partial charge is 0.235 e. The highest BCUT2D eigenvalue weighted by molar-refractivity contribution is 7.93. The van der Waals surface area contributed by atoms with E-state index in [1.807, 2.05) is 0 Å². The first-order chi connectivity index (χ1) is 10.8. The third-order valence-corrected chi connectivity index (χ3v) is 5.36. The SMILES string of the molecule is CC(C)CNC(N)=NCc1ccc(N2CCCS2(=O)=O)c(F)c1. The Morgan fingerprint density at radius 1 is 1.48 bits per heavy atom. The molecule has 2 rings (SSSR count). The van der Waals surface area contributed by atoms with E-state index in [1.54, 1.807) is 6.07 Å². The Morgan fingerprint density at radius 3 is 2.78 bits per heavy atom. The average molecular weight is 342 g/mol. The predicted octanol–water partition coefficient (Wildman–Crippen LogP) is 1.43. The number of nitrogens with two attached hydrogens (primary N) is 1. The summed E-state index contributed by atoms with van der Waals surface area (Å²) in [6, 6.07) is 4.47. The van der Waals surface area contributed by atoms with Crippen molar-refractivity contribution in [1.82, 2.24) is 5.32 Å². The third-order valence-electron chi connectivity index (χ3n) is 3.50. The standard InChI is InChI=1S/C15H23FN4O2S/c1-11(2)9-18-15(17)19-10-12-4-5-14(13(16)8-12)20-6-3-7-23(20,21)22/h4-5,8,11H,3,6-7,9-10H2,1-2H3,(H3,17,18,19). The number of sulfonamides is 1. The van der Waals surface area contributed by atoms with E-state index < -0.39 is 15.8 Å². The number of hydrogen-bond donors (Lipinski definition) is 2. The fraction of sp³-hybridized carbons (Fsp3) is 0.533. The molecule has 0 unspecified atom stereocenters. The van der Waals surface area contributed by atoms with Gasteiger partial charge < -0.3 is 11.1 Å². The molecule has 0 spiro atoms. The van der Waals surface area contributed by atoms with Crippen molar-refractivity contribution in [1.29, 1.82) is 0 Å². The number of aliphatic imine (C=N–C) groups is 1. The molecule has 6 nitrogen and oxygen atoms in total. The number of hydrogen-bond acceptors (Lipinski definition) is 3. The van der Waals surface area contributed by atoms with E-state index >= 15 is 0 Å². The second kappa shape index (κ2) is 7.16. The van der Waals surface area contributed by atoms with Gasteiger partial charge in [0.25, 0.3) is 0 Å². The van der Waals surface area contributed by atoms with Crippen LogP contribution in [0.5, 0.6) is 0 Å². The summed E-state index contributed by atoms with van der Waals surface area (Å²) in [4.78, 5) is 4.15. The summed E-state index contributed by atoms with van der Waals surface area (Å²) in [5.41, 5.74) is 6.47. The number of halogens is 1. The van der Waals surface area contributed by atoms with Crippen LogP contribution in [0.15, 0.2) is 23.2 Å². The highest BCUT2D eigenvalue weighted by Crippen LogP contribution is 2.27. The Morgan fingerprint density at radius 2 is 2.22 bits per heavy atom. The largest absolute Gasteiger partial charge is 0.370 e. The van der Waals surface area contributed by atoms with Gasteiger partial charge in [0.1, 0.15) is 5.82 Å². The van der Waals surface area contributed by atoms with Crippen LogP contribution in [0.25, 0.3) is 0 Å². The lowest BCUT2D eigenvalue weighted by molar-refractivity contribution is 0.594. The molecule has 1 aliphatic heterocycles. The Bertz CT molecular complexity index is 689. The molecule has 0 amide bonds. The van der Waals surface area contributed by atoms with Crippen molar-refractivity contribution < 1.29 is 12.8 Å². The van der Waals surface area contributed by atoms with Crippen LogP contribution in [-0.4, -0.2) is 33.2 Å². The molecule has 1 aromatic carbocycles. The number of guanidine groups is 1. The molecular formula is C15H23FN4O2S.